The number of carbonyl (C=O) groups is 1. The molecule has 3 heteroatoms. The molecule has 0 aromatic heterocycles. The number of benzene rings is 1. The van der Waals surface area contributed by atoms with E-state index in [-0.39, 0.29) is 5.78 Å². The van der Waals surface area contributed by atoms with Gasteiger partial charge < -0.3 is 4.74 Å². The van der Waals surface area contributed by atoms with Crippen LogP contribution in [0.3, 0.4) is 0 Å². The van der Waals surface area contributed by atoms with Gasteiger partial charge in [-0.3, -0.25) is 4.79 Å². The fraction of sp³-hybridized carbons (Fsp3) is 0.364. The van der Waals surface area contributed by atoms with Crippen molar-refractivity contribution in [1.29, 1.82) is 0 Å². The van der Waals surface area contributed by atoms with Crippen LogP contribution in [0.25, 0.3) is 0 Å². The molecule has 2 nitrogen and oxygen atoms in total. The van der Waals surface area contributed by atoms with Crippen LogP contribution in [-0.2, 0) is 0 Å². The van der Waals surface area contributed by atoms with Gasteiger partial charge in [-0.15, -0.1) is 11.6 Å². The Morgan fingerprint density at radius 2 is 2.14 bits per heavy atom. The Morgan fingerprint density at radius 1 is 1.43 bits per heavy atom. The van der Waals surface area contributed by atoms with Crippen LogP contribution in [0.4, 0.5) is 0 Å². The zero-order valence-electron chi connectivity index (χ0n) is 8.13. The fourth-order valence-electron chi connectivity index (χ4n) is 1.12. The minimum absolute atomic E-state index is 0.0199. The fourth-order valence-corrected chi connectivity index (χ4v) is 1.23. The number of halogens is 1. The highest BCUT2D eigenvalue weighted by Crippen LogP contribution is 2.18. The number of hydrogen-bond acceptors (Lipinski definition) is 2. The second kappa shape index (κ2) is 5.66. The number of ether oxygens (including phenoxy) is 1. The standard InChI is InChI=1S/C11H13ClO2/c1-9(13)10-5-2-3-6-11(10)14-8-4-7-12/h2-3,5-6H,4,7-8H2,1H3. The Morgan fingerprint density at radius 3 is 2.79 bits per heavy atom. The van der Waals surface area contributed by atoms with Crippen molar-refractivity contribution in [3.05, 3.63) is 29.8 Å². The van der Waals surface area contributed by atoms with Gasteiger partial charge in [-0.1, -0.05) is 12.1 Å². The third-order valence-electron chi connectivity index (χ3n) is 1.80. The van der Waals surface area contributed by atoms with Crippen LogP contribution < -0.4 is 4.74 Å². The van der Waals surface area contributed by atoms with Crippen molar-refractivity contribution in [2.24, 2.45) is 0 Å². The summed E-state index contributed by atoms with van der Waals surface area (Å²) in [6.07, 6.45) is 0.786. The van der Waals surface area contributed by atoms with E-state index in [1.807, 2.05) is 12.1 Å². The van der Waals surface area contributed by atoms with Crippen molar-refractivity contribution in [2.45, 2.75) is 13.3 Å². The second-order valence-corrected chi connectivity index (χ2v) is 3.32. The second-order valence-electron chi connectivity index (χ2n) is 2.94. The van der Waals surface area contributed by atoms with Crippen molar-refractivity contribution in [3.8, 4) is 5.75 Å². The molecule has 0 atom stereocenters. The lowest BCUT2D eigenvalue weighted by Crippen LogP contribution is -2.02. The summed E-state index contributed by atoms with van der Waals surface area (Å²) in [5, 5.41) is 0. The summed E-state index contributed by atoms with van der Waals surface area (Å²) < 4.78 is 5.43. The van der Waals surface area contributed by atoms with Crippen molar-refractivity contribution in [3.63, 3.8) is 0 Å². The average molecular weight is 213 g/mol. The third kappa shape index (κ3) is 3.04. The number of Topliss-reactive ketones (excluding diaryl/α,β-unsaturated/α-hetero) is 1. The smallest absolute Gasteiger partial charge is 0.163 e. The summed E-state index contributed by atoms with van der Waals surface area (Å²) in [6.45, 7) is 2.08. The van der Waals surface area contributed by atoms with Gasteiger partial charge >= 0.3 is 0 Å². The van der Waals surface area contributed by atoms with Gasteiger partial charge in [0, 0.05) is 5.88 Å². The van der Waals surface area contributed by atoms with Gasteiger partial charge in [0.25, 0.3) is 0 Å². The highest BCUT2D eigenvalue weighted by molar-refractivity contribution is 6.17. The number of ketones is 1. The summed E-state index contributed by atoms with van der Waals surface area (Å²) >= 11 is 5.52. The Hall–Kier alpha value is -1.02. The molecule has 1 aromatic carbocycles. The topological polar surface area (TPSA) is 26.3 Å². The number of alkyl halides is 1. The minimum atomic E-state index is 0.0199. The molecule has 0 unspecified atom stereocenters. The first-order chi connectivity index (χ1) is 6.75. The Balaban J connectivity index is 2.69. The molecular weight excluding hydrogens is 200 g/mol. The molecule has 0 spiro atoms. The van der Waals surface area contributed by atoms with E-state index in [2.05, 4.69) is 0 Å². The molecule has 0 N–H and O–H groups in total. The molecule has 0 aliphatic carbocycles. The third-order valence-corrected chi connectivity index (χ3v) is 2.07. The van der Waals surface area contributed by atoms with Gasteiger partial charge in [-0.2, -0.15) is 0 Å². The van der Waals surface area contributed by atoms with Crippen LogP contribution in [-0.4, -0.2) is 18.3 Å². The molecule has 0 heterocycles. The Labute approximate surface area is 88.8 Å². The van der Waals surface area contributed by atoms with Crippen LogP contribution in [0.2, 0.25) is 0 Å². The number of hydrogen-bond donors (Lipinski definition) is 0. The predicted octanol–water partition coefficient (Wildman–Crippen LogP) is 2.90. The van der Waals surface area contributed by atoms with Gasteiger partial charge in [0.05, 0.1) is 12.2 Å². The first-order valence-corrected chi connectivity index (χ1v) is 5.08. The van der Waals surface area contributed by atoms with Crippen LogP contribution >= 0.6 is 11.6 Å². The molecule has 0 aliphatic heterocycles. The van der Waals surface area contributed by atoms with E-state index < -0.39 is 0 Å². The minimum Gasteiger partial charge on any atom is -0.493 e. The molecule has 1 rings (SSSR count). The zero-order chi connectivity index (χ0) is 10.4. The van der Waals surface area contributed by atoms with Gasteiger partial charge in [-0.25, -0.2) is 0 Å². The molecule has 0 saturated carbocycles. The number of carbonyl (C=O) groups excluding carboxylic acids is 1. The first-order valence-electron chi connectivity index (χ1n) is 4.54. The maximum absolute atomic E-state index is 11.2. The molecule has 0 amide bonds. The van der Waals surface area contributed by atoms with E-state index in [1.165, 1.54) is 6.92 Å². The summed E-state index contributed by atoms with van der Waals surface area (Å²) in [6, 6.07) is 7.23. The summed E-state index contributed by atoms with van der Waals surface area (Å²) in [5.41, 5.74) is 0.627. The highest BCUT2D eigenvalue weighted by atomic mass is 35.5. The maximum Gasteiger partial charge on any atom is 0.163 e. The molecule has 1 aromatic rings. The van der Waals surface area contributed by atoms with Crippen LogP contribution in [0, 0.1) is 0 Å². The van der Waals surface area contributed by atoms with E-state index in [1.54, 1.807) is 12.1 Å². The van der Waals surface area contributed by atoms with Crippen LogP contribution in [0.1, 0.15) is 23.7 Å². The SMILES string of the molecule is CC(=O)c1ccccc1OCCCCl. The average Bonchev–Trinajstić information content (AvgIpc) is 2.19. The molecule has 0 radical (unpaired) electrons. The molecule has 0 fully saturated rings. The lowest BCUT2D eigenvalue weighted by Gasteiger charge is -2.08. The lowest BCUT2D eigenvalue weighted by atomic mass is 10.1. The number of rotatable bonds is 5. The summed E-state index contributed by atoms with van der Waals surface area (Å²) in [5.74, 6) is 1.24. The van der Waals surface area contributed by atoms with Gasteiger partial charge in [0.2, 0.25) is 0 Å². The first kappa shape index (κ1) is 11.1. The molecule has 0 aliphatic rings. The summed E-state index contributed by atoms with van der Waals surface area (Å²) in [7, 11) is 0. The Kier molecular flexibility index (Phi) is 4.47. The molecule has 76 valence electrons. The van der Waals surface area contributed by atoms with Crippen LogP contribution in [0.15, 0.2) is 24.3 Å². The van der Waals surface area contributed by atoms with E-state index >= 15 is 0 Å². The van der Waals surface area contributed by atoms with Crippen molar-refractivity contribution in [2.75, 3.05) is 12.5 Å². The van der Waals surface area contributed by atoms with E-state index in [0.29, 0.717) is 23.8 Å². The van der Waals surface area contributed by atoms with E-state index in [9.17, 15) is 4.79 Å². The van der Waals surface area contributed by atoms with Gasteiger partial charge in [0.1, 0.15) is 5.75 Å². The molecule has 0 bridgehead atoms. The molecular formula is C11H13ClO2. The summed E-state index contributed by atoms with van der Waals surface area (Å²) in [4.78, 5) is 11.2. The normalized spacial score (nSPS) is 9.86. The van der Waals surface area contributed by atoms with Crippen molar-refractivity contribution in [1.82, 2.24) is 0 Å². The molecule has 0 saturated heterocycles. The zero-order valence-corrected chi connectivity index (χ0v) is 8.88. The maximum atomic E-state index is 11.2. The number of para-hydroxylation sites is 1. The van der Waals surface area contributed by atoms with E-state index in [4.69, 9.17) is 16.3 Å². The quantitative estimate of drug-likeness (QED) is 0.426. The molecule has 14 heavy (non-hydrogen) atoms. The van der Waals surface area contributed by atoms with Crippen LogP contribution in [0.5, 0.6) is 5.75 Å². The van der Waals surface area contributed by atoms with Crippen molar-refractivity contribution < 1.29 is 9.53 Å². The highest BCUT2D eigenvalue weighted by Gasteiger charge is 2.06. The van der Waals surface area contributed by atoms with Crippen molar-refractivity contribution >= 4 is 17.4 Å². The van der Waals surface area contributed by atoms with Gasteiger partial charge in [-0.05, 0) is 25.5 Å². The largest absolute Gasteiger partial charge is 0.493 e. The van der Waals surface area contributed by atoms with Gasteiger partial charge in [0.15, 0.2) is 5.78 Å². The lowest BCUT2D eigenvalue weighted by molar-refractivity contribution is 0.101. The predicted molar refractivity (Wildman–Crippen MR) is 57.3 cm³/mol. The van der Waals surface area contributed by atoms with E-state index in [0.717, 1.165) is 6.42 Å². The monoisotopic (exact) mass is 212 g/mol. The Bertz CT molecular complexity index is 310.